The SMILES string of the molecule is CCC(C)(C)NC(=O)CSc1n[nH]c(-c2cc(Cl)ccc2OC)n1. The molecular weight excluding hydrogens is 348 g/mol. The van der Waals surface area contributed by atoms with Gasteiger partial charge in [0.2, 0.25) is 11.1 Å². The van der Waals surface area contributed by atoms with Gasteiger partial charge >= 0.3 is 0 Å². The van der Waals surface area contributed by atoms with E-state index in [0.717, 1.165) is 12.0 Å². The third-order valence-corrected chi connectivity index (χ3v) is 4.66. The van der Waals surface area contributed by atoms with Crippen LogP contribution in [-0.4, -0.2) is 39.5 Å². The van der Waals surface area contributed by atoms with Gasteiger partial charge in [-0.25, -0.2) is 4.98 Å². The van der Waals surface area contributed by atoms with Crippen molar-refractivity contribution in [3.63, 3.8) is 0 Å². The molecule has 1 amide bonds. The highest BCUT2D eigenvalue weighted by molar-refractivity contribution is 7.99. The van der Waals surface area contributed by atoms with Crippen LogP contribution in [-0.2, 0) is 4.79 Å². The third-order valence-electron chi connectivity index (χ3n) is 3.58. The number of nitrogens with zero attached hydrogens (tertiary/aromatic N) is 2. The van der Waals surface area contributed by atoms with Crippen LogP contribution in [0.25, 0.3) is 11.4 Å². The lowest BCUT2D eigenvalue weighted by atomic mass is 10.0. The van der Waals surface area contributed by atoms with Crippen LogP contribution in [0.5, 0.6) is 5.75 Å². The number of aromatic amines is 1. The molecule has 0 aliphatic rings. The molecule has 24 heavy (non-hydrogen) atoms. The van der Waals surface area contributed by atoms with Crippen molar-refractivity contribution in [3.05, 3.63) is 23.2 Å². The van der Waals surface area contributed by atoms with E-state index < -0.39 is 0 Å². The molecule has 0 spiro atoms. The maximum absolute atomic E-state index is 12.0. The molecule has 0 saturated heterocycles. The molecule has 1 aromatic heterocycles. The Labute approximate surface area is 150 Å². The summed E-state index contributed by atoms with van der Waals surface area (Å²) in [6.07, 6.45) is 0.864. The summed E-state index contributed by atoms with van der Waals surface area (Å²) in [5, 5.41) is 11.0. The Balaban J connectivity index is 2.04. The first-order valence-corrected chi connectivity index (χ1v) is 8.91. The lowest BCUT2D eigenvalue weighted by molar-refractivity contribution is -0.120. The van der Waals surface area contributed by atoms with Crippen LogP contribution in [0.2, 0.25) is 5.02 Å². The fourth-order valence-electron chi connectivity index (χ4n) is 1.93. The second kappa shape index (κ2) is 7.90. The Morgan fingerprint density at radius 2 is 2.21 bits per heavy atom. The number of hydrogen-bond donors (Lipinski definition) is 2. The number of rotatable bonds is 7. The number of hydrogen-bond acceptors (Lipinski definition) is 5. The molecule has 0 radical (unpaired) electrons. The van der Waals surface area contributed by atoms with Crippen molar-refractivity contribution < 1.29 is 9.53 Å². The fourth-order valence-corrected chi connectivity index (χ4v) is 2.70. The number of H-pyrrole nitrogens is 1. The molecule has 0 unspecified atom stereocenters. The second-order valence-electron chi connectivity index (χ2n) is 5.89. The van der Waals surface area contributed by atoms with E-state index in [1.54, 1.807) is 25.3 Å². The van der Waals surface area contributed by atoms with Gasteiger partial charge in [0.1, 0.15) is 5.75 Å². The first-order chi connectivity index (χ1) is 11.3. The Kier molecular flexibility index (Phi) is 6.12. The van der Waals surface area contributed by atoms with Crippen LogP contribution in [0, 0.1) is 0 Å². The van der Waals surface area contributed by atoms with Gasteiger partial charge in [0, 0.05) is 10.6 Å². The van der Waals surface area contributed by atoms with Crippen molar-refractivity contribution in [2.24, 2.45) is 0 Å². The summed E-state index contributed by atoms with van der Waals surface area (Å²) in [4.78, 5) is 16.4. The lowest BCUT2D eigenvalue weighted by Gasteiger charge is -2.24. The first kappa shape index (κ1) is 18.6. The van der Waals surface area contributed by atoms with Gasteiger partial charge < -0.3 is 10.1 Å². The topological polar surface area (TPSA) is 79.9 Å². The van der Waals surface area contributed by atoms with Crippen molar-refractivity contribution in [3.8, 4) is 17.1 Å². The van der Waals surface area contributed by atoms with Gasteiger partial charge in [-0.1, -0.05) is 30.3 Å². The average molecular weight is 369 g/mol. The minimum absolute atomic E-state index is 0.0430. The minimum atomic E-state index is -0.212. The molecule has 0 aliphatic carbocycles. The van der Waals surface area contributed by atoms with E-state index >= 15 is 0 Å². The second-order valence-corrected chi connectivity index (χ2v) is 7.26. The van der Waals surface area contributed by atoms with Crippen LogP contribution >= 0.6 is 23.4 Å². The largest absolute Gasteiger partial charge is 0.496 e. The Hall–Kier alpha value is -1.73. The molecule has 0 atom stereocenters. The average Bonchev–Trinajstić information content (AvgIpc) is 3.01. The van der Waals surface area contributed by atoms with E-state index in [4.69, 9.17) is 16.3 Å². The highest BCUT2D eigenvalue weighted by atomic mass is 35.5. The quantitative estimate of drug-likeness (QED) is 0.731. The van der Waals surface area contributed by atoms with Crippen LogP contribution < -0.4 is 10.1 Å². The number of carbonyl (C=O) groups excluding carboxylic acids is 1. The van der Waals surface area contributed by atoms with E-state index in [1.807, 2.05) is 20.8 Å². The number of benzene rings is 1. The number of aromatic nitrogens is 3. The van der Waals surface area contributed by atoms with Crippen molar-refractivity contribution >= 4 is 29.3 Å². The number of carbonyl (C=O) groups is 1. The molecule has 1 aromatic carbocycles. The molecule has 8 heteroatoms. The van der Waals surface area contributed by atoms with Crippen molar-refractivity contribution in [1.82, 2.24) is 20.5 Å². The molecule has 2 aromatic rings. The summed E-state index contributed by atoms with van der Waals surface area (Å²) in [5.74, 6) is 1.41. The molecule has 0 aliphatic heterocycles. The summed E-state index contributed by atoms with van der Waals surface area (Å²) in [6, 6.07) is 5.27. The minimum Gasteiger partial charge on any atom is -0.496 e. The van der Waals surface area contributed by atoms with Gasteiger partial charge in [0.05, 0.1) is 18.4 Å². The van der Waals surface area contributed by atoms with Crippen LogP contribution in [0.15, 0.2) is 23.4 Å². The van der Waals surface area contributed by atoms with E-state index in [2.05, 4.69) is 20.5 Å². The summed E-state index contributed by atoms with van der Waals surface area (Å²) >= 11 is 7.31. The Bertz CT molecular complexity index is 718. The Morgan fingerprint density at radius 1 is 1.46 bits per heavy atom. The predicted octanol–water partition coefficient (Wildman–Crippen LogP) is 3.53. The molecule has 0 bridgehead atoms. The first-order valence-electron chi connectivity index (χ1n) is 7.54. The van der Waals surface area contributed by atoms with E-state index in [9.17, 15) is 4.79 Å². The number of methoxy groups -OCH3 is 1. The van der Waals surface area contributed by atoms with Gasteiger partial charge in [-0.15, -0.1) is 5.10 Å². The lowest BCUT2D eigenvalue weighted by Crippen LogP contribution is -2.43. The van der Waals surface area contributed by atoms with Gasteiger partial charge in [-0.3, -0.25) is 9.89 Å². The summed E-state index contributed by atoms with van der Waals surface area (Å²) in [5.41, 5.74) is 0.511. The smallest absolute Gasteiger partial charge is 0.230 e. The van der Waals surface area contributed by atoms with E-state index in [-0.39, 0.29) is 17.2 Å². The zero-order chi connectivity index (χ0) is 17.7. The van der Waals surface area contributed by atoms with Crippen molar-refractivity contribution in [1.29, 1.82) is 0 Å². The zero-order valence-corrected chi connectivity index (χ0v) is 15.7. The fraction of sp³-hybridized carbons (Fsp3) is 0.438. The molecule has 0 saturated carbocycles. The van der Waals surface area contributed by atoms with Crippen molar-refractivity contribution in [2.45, 2.75) is 37.9 Å². The molecule has 2 N–H and O–H groups in total. The number of halogens is 1. The standard InChI is InChI=1S/C16H21ClN4O2S/c1-5-16(2,3)19-13(22)9-24-15-18-14(20-21-15)11-8-10(17)6-7-12(11)23-4/h6-8H,5,9H2,1-4H3,(H,19,22)(H,18,20,21). The van der Waals surface area contributed by atoms with Gasteiger partial charge in [0.25, 0.3) is 0 Å². The van der Waals surface area contributed by atoms with Crippen LogP contribution in [0.3, 0.4) is 0 Å². The highest BCUT2D eigenvalue weighted by Crippen LogP contribution is 2.31. The number of ether oxygens (including phenoxy) is 1. The highest BCUT2D eigenvalue weighted by Gasteiger charge is 2.18. The molecule has 1 heterocycles. The summed E-state index contributed by atoms with van der Waals surface area (Å²) < 4.78 is 5.31. The molecule has 2 rings (SSSR count). The summed E-state index contributed by atoms with van der Waals surface area (Å²) in [7, 11) is 1.58. The van der Waals surface area contributed by atoms with Gasteiger partial charge in [-0.2, -0.15) is 0 Å². The normalized spacial score (nSPS) is 11.4. The number of nitrogens with one attached hydrogen (secondary N) is 2. The van der Waals surface area contributed by atoms with Crippen LogP contribution in [0.4, 0.5) is 0 Å². The van der Waals surface area contributed by atoms with E-state index in [1.165, 1.54) is 11.8 Å². The van der Waals surface area contributed by atoms with E-state index in [0.29, 0.717) is 21.8 Å². The van der Waals surface area contributed by atoms with Gasteiger partial charge in [-0.05, 0) is 38.5 Å². The monoisotopic (exact) mass is 368 g/mol. The number of amides is 1. The summed E-state index contributed by atoms with van der Waals surface area (Å²) in [6.45, 7) is 6.02. The maximum Gasteiger partial charge on any atom is 0.230 e. The van der Waals surface area contributed by atoms with Gasteiger partial charge in [0.15, 0.2) is 5.82 Å². The Morgan fingerprint density at radius 3 is 2.88 bits per heavy atom. The molecule has 0 fully saturated rings. The number of thioether (sulfide) groups is 1. The molecule has 6 nitrogen and oxygen atoms in total. The molecule has 130 valence electrons. The van der Waals surface area contributed by atoms with Crippen LogP contribution in [0.1, 0.15) is 27.2 Å². The maximum atomic E-state index is 12.0. The predicted molar refractivity (Wildman–Crippen MR) is 96.6 cm³/mol. The zero-order valence-electron chi connectivity index (χ0n) is 14.1. The van der Waals surface area contributed by atoms with Crippen molar-refractivity contribution in [2.75, 3.05) is 12.9 Å². The third kappa shape index (κ3) is 4.88. The molecular formula is C16H21ClN4O2S.